The smallest absolute Gasteiger partial charge is 0.130 e. The van der Waals surface area contributed by atoms with E-state index >= 15 is 0 Å². The van der Waals surface area contributed by atoms with Crippen LogP contribution in [0.1, 0.15) is 71.0 Å². The van der Waals surface area contributed by atoms with Crippen molar-refractivity contribution in [1.29, 1.82) is 0 Å². The minimum absolute atomic E-state index is 0.193. The Bertz CT molecular complexity index is 1460. The van der Waals surface area contributed by atoms with Crippen molar-refractivity contribution in [3.05, 3.63) is 102 Å². The van der Waals surface area contributed by atoms with Crippen molar-refractivity contribution in [2.75, 3.05) is 19.8 Å². The summed E-state index contributed by atoms with van der Waals surface area (Å²) in [5.41, 5.74) is 3.99. The van der Waals surface area contributed by atoms with Crippen LogP contribution in [0.25, 0.3) is 0 Å². The van der Waals surface area contributed by atoms with Crippen molar-refractivity contribution in [3.8, 4) is 0 Å². The van der Waals surface area contributed by atoms with Gasteiger partial charge in [0.1, 0.15) is 29.9 Å². The second-order valence-corrected chi connectivity index (χ2v) is 14.4. The highest BCUT2D eigenvalue weighted by Crippen LogP contribution is 2.40. The molecule has 0 aromatic heterocycles. The molecule has 9 nitrogen and oxygen atoms in total. The molecule has 0 aliphatic carbocycles. The van der Waals surface area contributed by atoms with Crippen molar-refractivity contribution in [2.45, 2.75) is 95.0 Å². The SMILES string of the molecule is Cc1cc([C@H]2C[C@@H](O)[C@@H](CO)O2)c(Cl)cc1Cl.Cc1cc([C@H]2C[C@@H](O)[C@@H](CO)O2)c(Cl)cc1F.Cc1cc([C@H]2C[C@@H](O)[C@@H](CO)O2)c(F)cc1Cl. The first kappa shape index (κ1) is 42.1. The molecule has 0 unspecified atom stereocenters. The van der Waals surface area contributed by atoms with Crippen molar-refractivity contribution >= 4 is 46.4 Å². The summed E-state index contributed by atoms with van der Waals surface area (Å²) in [5.74, 6) is -0.813. The maximum Gasteiger partial charge on any atom is 0.130 e. The Hall–Kier alpha value is -1.68. The Morgan fingerprint density at radius 2 is 0.843 bits per heavy atom. The monoisotopic (exact) mass is 796 g/mol. The highest BCUT2D eigenvalue weighted by Gasteiger charge is 2.37. The lowest BCUT2D eigenvalue weighted by Crippen LogP contribution is -2.24. The Balaban J connectivity index is 0.000000172. The summed E-state index contributed by atoms with van der Waals surface area (Å²) in [6.07, 6.45) is -4.05. The summed E-state index contributed by atoms with van der Waals surface area (Å²) in [6, 6.07) is 9.27. The summed E-state index contributed by atoms with van der Waals surface area (Å²) in [7, 11) is 0. The third kappa shape index (κ3) is 10.3. The Labute approximate surface area is 315 Å². The van der Waals surface area contributed by atoms with Crippen LogP contribution in [-0.4, -0.2) is 87.1 Å². The van der Waals surface area contributed by atoms with Crippen LogP contribution in [0, 0.1) is 32.4 Å². The molecular weight excluding hydrogens is 756 g/mol. The quantitative estimate of drug-likeness (QED) is 0.166. The minimum atomic E-state index is -0.764. The summed E-state index contributed by atoms with van der Waals surface area (Å²) >= 11 is 23.8. The molecule has 0 spiro atoms. The number of hydrogen-bond acceptors (Lipinski definition) is 9. The lowest BCUT2D eigenvalue weighted by atomic mass is 10.0. The van der Waals surface area contributed by atoms with Crippen LogP contribution in [0.5, 0.6) is 0 Å². The van der Waals surface area contributed by atoms with Crippen LogP contribution < -0.4 is 0 Å². The number of hydrogen-bond donors (Lipinski definition) is 6. The molecule has 6 rings (SSSR count). The van der Waals surface area contributed by atoms with E-state index in [1.165, 1.54) is 12.1 Å². The Morgan fingerprint density at radius 1 is 0.510 bits per heavy atom. The molecule has 3 heterocycles. The fourth-order valence-corrected chi connectivity index (χ4v) is 6.99. The summed E-state index contributed by atoms with van der Waals surface area (Å²) in [5, 5.41) is 57.7. The second-order valence-electron chi connectivity index (χ2n) is 12.8. The van der Waals surface area contributed by atoms with Gasteiger partial charge in [-0.3, -0.25) is 0 Å². The molecule has 15 heteroatoms. The largest absolute Gasteiger partial charge is 0.394 e. The molecule has 0 saturated carbocycles. The zero-order valence-electron chi connectivity index (χ0n) is 28.1. The fraction of sp³-hybridized carbons (Fsp3) is 0.500. The lowest BCUT2D eigenvalue weighted by molar-refractivity contribution is -0.0233. The third-order valence-electron chi connectivity index (χ3n) is 9.09. The normalized spacial score (nSPS) is 28.6. The molecular formula is C36H42Cl4F2O9. The van der Waals surface area contributed by atoms with Gasteiger partial charge in [0.15, 0.2) is 0 Å². The van der Waals surface area contributed by atoms with E-state index in [-0.39, 0.29) is 43.2 Å². The summed E-state index contributed by atoms with van der Waals surface area (Å²) in [4.78, 5) is 0. The first-order valence-corrected chi connectivity index (χ1v) is 17.8. The van der Waals surface area contributed by atoms with Gasteiger partial charge in [0.2, 0.25) is 0 Å². The number of benzene rings is 3. The number of aryl methyl sites for hydroxylation is 3. The molecule has 3 aromatic carbocycles. The van der Waals surface area contributed by atoms with Gasteiger partial charge in [0, 0.05) is 44.9 Å². The zero-order valence-corrected chi connectivity index (χ0v) is 31.1. The number of aliphatic hydroxyl groups excluding tert-OH is 6. The number of halogens is 6. The Kier molecular flexibility index (Phi) is 15.3. The van der Waals surface area contributed by atoms with Crippen LogP contribution in [0.3, 0.4) is 0 Å². The van der Waals surface area contributed by atoms with Gasteiger partial charge in [-0.1, -0.05) is 52.5 Å². The van der Waals surface area contributed by atoms with E-state index in [0.717, 1.165) is 16.7 Å². The van der Waals surface area contributed by atoms with Gasteiger partial charge in [-0.05, 0) is 78.9 Å². The van der Waals surface area contributed by atoms with Gasteiger partial charge in [0.05, 0.1) is 56.4 Å². The molecule has 3 saturated heterocycles. The van der Waals surface area contributed by atoms with Gasteiger partial charge in [-0.25, -0.2) is 8.78 Å². The average molecular weight is 799 g/mol. The van der Waals surface area contributed by atoms with Crippen LogP contribution in [0.15, 0.2) is 36.4 Å². The van der Waals surface area contributed by atoms with Gasteiger partial charge in [-0.2, -0.15) is 0 Å². The highest BCUT2D eigenvalue weighted by atomic mass is 35.5. The van der Waals surface area contributed by atoms with E-state index in [1.54, 1.807) is 32.0 Å². The minimum Gasteiger partial charge on any atom is -0.394 e. The van der Waals surface area contributed by atoms with Crippen molar-refractivity contribution < 1.29 is 53.6 Å². The van der Waals surface area contributed by atoms with E-state index in [4.69, 9.17) is 75.9 Å². The Morgan fingerprint density at radius 3 is 1.25 bits per heavy atom. The predicted molar refractivity (Wildman–Crippen MR) is 189 cm³/mol. The molecule has 3 aliphatic rings. The molecule has 3 fully saturated rings. The average Bonchev–Trinajstić information content (AvgIpc) is 3.77. The van der Waals surface area contributed by atoms with Crippen LogP contribution >= 0.6 is 46.4 Å². The predicted octanol–water partition coefficient (Wildman–Crippen LogP) is 6.43. The molecule has 0 amide bonds. The molecule has 0 radical (unpaired) electrons. The molecule has 51 heavy (non-hydrogen) atoms. The first-order chi connectivity index (χ1) is 24.1. The topological polar surface area (TPSA) is 149 Å². The summed E-state index contributed by atoms with van der Waals surface area (Å²) in [6.45, 7) is 4.60. The standard InChI is InChI=1S/C12H14Cl2O3.2C12H14ClFO3/c1-6-2-7(9(14)3-8(6)13)11-4-10(16)12(5-15)17-11;1-6-2-7(8(13)3-9(6)14)11-4-10(16)12(5-15)17-11;1-6-2-7(9(14)3-8(6)13)11-4-10(16)12(5-15)17-11/h3*2-3,10-12,15-16H,4-5H2,1H3/t3*10-,11-,12-/m111/s1. The van der Waals surface area contributed by atoms with Gasteiger partial charge < -0.3 is 44.8 Å². The fourth-order valence-electron chi connectivity index (χ4n) is 6.06. The number of ether oxygens (including phenoxy) is 3. The van der Waals surface area contributed by atoms with Crippen LogP contribution in [0.4, 0.5) is 8.78 Å². The maximum atomic E-state index is 13.7. The van der Waals surface area contributed by atoms with Crippen molar-refractivity contribution in [1.82, 2.24) is 0 Å². The van der Waals surface area contributed by atoms with E-state index in [0.29, 0.717) is 44.6 Å². The van der Waals surface area contributed by atoms with Crippen molar-refractivity contribution in [3.63, 3.8) is 0 Å². The van der Waals surface area contributed by atoms with E-state index < -0.39 is 54.6 Å². The second kappa shape index (κ2) is 18.6. The van der Waals surface area contributed by atoms with Gasteiger partial charge in [0.25, 0.3) is 0 Å². The van der Waals surface area contributed by atoms with E-state index in [1.807, 2.05) is 13.0 Å². The number of aliphatic hydroxyl groups is 6. The van der Waals surface area contributed by atoms with Crippen LogP contribution in [0.2, 0.25) is 20.1 Å². The first-order valence-electron chi connectivity index (χ1n) is 16.3. The third-order valence-corrected chi connectivity index (χ3v) is 10.6. The van der Waals surface area contributed by atoms with Gasteiger partial charge >= 0.3 is 0 Å². The van der Waals surface area contributed by atoms with E-state index in [2.05, 4.69) is 0 Å². The lowest BCUT2D eigenvalue weighted by Gasteiger charge is -2.15. The molecule has 282 valence electrons. The van der Waals surface area contributed by atoms with Crippen LogP contribution in [-0.2, 0) is 14.2 Å². The molecule has 0 bridgehead atoms. The van der Waals surface area contributed by atoms with Crippen molar-refractivity contribution in [2.24, 2.45) is 0 Å². The molecule has 3 aromatic rings. The zero-order chi connectivity index (χ0) is 37.7. The highest BCUT2D eigenvalue weighted by molar-refractivity contribution is 6.35. The molecule has 6 N–H and O–H groups in total. The van der Waals surface area contributed by atoms with Gasteiger partial charge in [-0.15, -0.1) is 0 Å². The number of rotatable bonds is 6. The molecule has 3 aliphatic heterocycles. The summed E-state index contributed by atoms with van der Waals surface area (Å²) < 4.78 is 43.4. The van der Waals surface area contributed by atoms with E-state index in [9.17, 15) is 24.1 Å². The molecule has 9 atom stereocenters. The maximum absolute atomic E-state index is 13.7.